The van der Waals surface area contributed by atoms with Crippen LogP contribution in [-0.2, 0) is 0 Å². The zero-order chi connectivity index (χ0) is 15.4. The third-order valence-electron chi connectivity index (χ3n) is 3.07. The standard InChI is InChI=1S/C16H20ClN3O/c1-10(2)21-13-7-12(8-19-9-13)16(20-18)14-5-4-11(3)6-15(14)17/h4-10,16,20H,18H2,1-3H3. The molecule has 1 heterocycles. The Morgan fingerprint density at radius 1 is 1.24 bits per heavy atom. The molecule has 1 atom stereocenters. The van der Waals surface area contributed by atoms with E-state index in [-0.39, 0.29) is 12.1 Å². The lowest BCUT2D eigenvalue weighted by Crippen LogP contribution is -2.29. The van der Waals surface area contributed by atoms with Crippen LogP contribution in [-0.4, -0.2) is 11.1 Å². The molecule has 1 unspecified atom stereocenters. The molecule has 0 aliphatic heterocycles. The summed E-state index contributed by atoms with van der Waals surface area (Å²) in [6, 6.07) is 7.59. The van der Waals surface area contributed by atoms with Crippen LogP contribution in [0.2, 0.25) is 5.02 Å². The maximum Gasteiger partial charge on any atom is 0.138 e. The number of hydrogen-bond acceptors (Lipinski definition) is 4. The highest BCUT2D eigenvalue weighted by Crippen LogP contribution is 2.29. The minimum Gasteiger partial charge on any atom is -0.489 e. The number of ether oxygens (including phenoxy) is 1. The van der Waals surface area contributed by atoms with Crippen molar-refractivity contribution in [2.45, 2.75) is 32.9 Å². The van der Waals surface area contributed by atoms with Gasteiger partial charge in [-0.3, -0.25) is 10.8 Å². The molecular formula is C16H20ClN3O. The summed E-state index contributed by atoms with van der Waals surface area (Å²) in [6.07, 6.45) is 3.54. The summed E-state index contributed by atoms with van der Waals surface area (Å²) in [5.41, 5.74) is 5.72. The molecule has 1 aromatic carbocycles. The van der Waals surface area contributed by atoms with Crippen LogP contribution in [0.5, 0.6) is 5.75 Å². The van der Waals surface area contributed by atoms with Crippen molar-refractivity contribution in [1.29, 1.82) is 0 Å². The molecule has 0 fully saturated rings. The Morgan fingerprint density at radius 2 is 2.00 bits per heavy atom. The van der Waals surface area contributed by atoms with Gasteiger partial charge in [-0.2, -0.15) is 0 Å². The molecule has 0 aliphatic rings. The van der Waals surface area contributed by atoms with Crippen LogP contribution in [0, 0.1) is 6.92 Å². The van der Waals surface area contributed by atoms with Gasteiger partial charge in [0.2, 0.25) is 0 Å². The summed E-state index contributed by atoms with van der Waals surface area (Å²) in [7, 11) is 0. The van der Waals surface area contributed by atoms with Gasteiger partial charge in [0.15, 0.2) is 0 Å². The number of nitrogens with zero attached hydrogens (tertiary/aromatic N) is 1. The van der Waals surface area contributed by atoms with E-state index in [0.717, 1.165) is 16.7 Å². The molecule has 0 spiro atoms. The third-order valence-corrected chi connectivity index (χ3v) is 3.40. The molecule has 2 aromatic rings. The topological polar surface area (TPSA) is 60.2 Å². The van der Waals surface area contributed by atoms with E-state index in [0.29, 0.717) is 10.8 Å². The number of benzene rings is 1. The van der Waals surface area contributed by atoms with Crippen molar-refractivity contribution in [2.24, 2.45) is 5.84 Å². The summed E-state index contributed by atoms with van der Waals surface area (Å²) in [5.74, 6) is 6.43. The largest absolute Gasteiger partial charge is 0.489 e. The minimum absolute atomic E-state index is 0.0919. The molecule has 0 amide bonds. The Kier molecular flexibility index (Phi) is 5.17. The lowest BCUT2D eigenvalue weighted by atomic mass is 9.99. The van der Waals surface area contributed by atoms with Crippen LogP contribution < -0.4 is 16.0 Å². The van der Waals surface area contributed by atoms with Crippen LogP contribution in [0.1, 0.15) is 36.6 Å². The lowest BCUT2D eigenvalue weighted by Gasteiger charge is -2.19. The van der Waals surface area contributed by atoms with Gasteiger partial charge >= 0.3 is 0 Å². The minimum atomic E-state index is -0.235. The molecule has 0 saturated carbocycles. The van der Waals surface area contributed by atoms with E-state index in [1.807, 2.05) is 45.0 Å². The highest BCUT2D eigenvalue weighted by Gasteiger charge is 2.17. The Balaban J connectivity index is 2.37. The van der Waals surface area contributed by atoms with Crippen LogP contribution in [0.15, 0.2) is 36.7 Å². The first-order chi connectivity index (χ1) is 10.0. The van der Waals surface area contributed by atoms with E-state index in [1.165, 1.54) is 0 Å². The fourth-order valence-electron chi connectivity index (χ4n) is 2.16. The van der Waals surface area contributed by atoms with Gasteiger partial charge in [-0.05, 0) is 49.6 Å². The quantitative estimate of drug-likeness (QED) is 0.656. The van der Waals surface area contributed by atoms with E-state index < -0.39 is 0 Å². The van der Waals surface area contributed by atoms with E-state index >= 15 is 0 Å². The second-order valence-corrected chi connectivity index (χ2v) is 5.65. The fraction of sp³-hybridized carbons (Fsp3) is 0.312. The Labute approximate surface area is 130 Å². The van der Waals surface area contributed by atoms with E-state index in [4.69, 9.17) is 22.2 Å². The lowest BCUT2D eigenvalue weighted by molar-refractivity contribution is 0.241. The molecule has 1 aromatic heterocycles. The van der Waals surface area contributed by atoms with E-state index in [9.17, 15) is 0 Å². The van der Waals surface area contributed by atoms with Crippen molar-refractivity contribution < 1.29 is 4.74 Å². The van der Waals surface area contributed by atoms with Gasteiger partial charge in [-0.25, -0.2) is 5.43 Å². The first-order valence-corrected chi connectivity index (χ1v) is 7.23. The van der Waals surface area contributed by atoms with Gasteiger partial charge in [-0.1, -0.05) is 23.7 Å². The second kappa shape index (κ2) is 6.89. The summed E-state index contributed by atoms with van der Waals surface area (Å²) in [5, 5.41) is 0.674. The monoisotopic (exact) mass is 305 g/mol. The van der Waals surface area contributed by atoms with Gasteiger partial charge in [0.1, 0.15) is 5.75 Å². The second-order valence-electron chi connectivity index (χ2n) is 5.25. The van der Waals surface area contributed by atoms with Crippen molar-refractivity contribution in [3.05, 3.63) is 58.4 Å². The van der Waals surface area contributed by atoms with Crippen LogP contribution in [0.3, 0.4) is 0 Å². The Hall–Kier alpha value is -1.62. The molecule has 0 radical (unpaired) electrons. The number of aromatic nitrogens is 1. The first kappa shape index (κ1) is 15.8. The van der Waals surface area contributed by atoms with Crippen LogP contribution in [0.4, 0.5) is 0 Å². The first-order valence-electron chi connectivity index (χ1n) is 6.85. The number of halogens is 1. The molecule has 112 valence electrons. The molecular weight excluding hydrogens is 286 g/mol. The van der Waals surface area contributed by atoms with Gasteiger partial charge in [-0.15, -0.1) is 0 Å². The number of aryl methyl sites for hydroxylation is 1. The van der Waals surface area contributed by atoms with Crippen molar-refractivity contribution in [3.63, 3.8) is 0 Å². The maximum atomic E-state index is 6.33. The average molecular weight is 306 g/mol. The Morgan fingerprint density at radius 3 is 2.62 bits per heavy atom. The SMILES string of the molecule is Cc1ccc(C(NN)c2cncc(OC(C)C)c2)c(Cl)c1. The molecule has 0 aliphatic carbocycles. The van der Waals surface area contributed by atoms with Gasteiger partial charge in [0.25, 0.3) is 0 Å². The molecule has 4 nitrogen and oxygen atoms in total. The number of rotatable bonds is 5. The summed E-state index contributed by atoms with van der Waals surface area (Å²) in [6.45, 7) is 5.95. The summed E-state index contributed by atoms with van der Waals surface area (Å²) >= 11 is 6.33. The number of nitrogens with two attached hydrogens (primary N) is 1. The van der Waals surface area contributed by atoms with Crippen molar-refractivity contribution >= 4 is 11.6 Å². The normalized spacial score (nSPS) is 12.5. The van der Waals surface area contributed by atoms with Gasteiger partial charge in [0.05, 0.1) is 18.3 Å². The smallest absolute Gasteiger partial charge is 0.138 e. The molecule has 3 N–H and O–H groups in total. The highest BCUT2D eigenvalue weighted by molar-refractivity contribution is 6.31. The van der Waals surface area contributed by atoms with E-state index in [2.05, 4.69) is 10.4 Å². The summed E-state index contributed by atoms with van der Waals surface area (Å²) < 4.78 is 5.67. The molecule has 21 heavy (non-hydrogen) atoms. The molecule has 0 saturated heterocycles. The fourth-order valence-corrected chi connectivity index (χ4v) is 2.51. The average Bonchev–Trinajstić information content (AvgIpc) is 2.41. The number of hydrazine groups is 1. The van der Waals surface area contributed by atoms with Crippen molar-refractivity contribution in [2.75, 3.05) is 0 Å². The van der Waals surface area contributed by atoms with E-state index in [1.54, 1.807) is 12.4 Å². The molecule has 5 heteroatoms. The Bertz CT molecular complexity index is 616. The van der Waals surface area contributed by atoms with Crippen LogP contribution in [0.25, 0.3) is 0 Å². The zero-order valence-corrected chi connectivity index (χ0v) is 13.2. The maximum absolute atomic E-state index is 6.33. The van der Waals surface area contributed by atoms with Crippen molar-refractivity contribution in [1.82, 2.24) is 10.4 Å². The number of hydrogen-bond donors (Lipinski definition) is 2. The van der Waals surface area contributed by atoms with Gasteiger partial charge in [0, 0.05) is 11.2 Å². The zero-order valence-electron chi connectivity index (χ0n) is 12.4. The predicted octanol–water partition coefficient (Wildman–Crippen LogP) is 3.38. The number of nitrogens with one attached hydrogen (secondary N) is 1. The van der Waals surface area contributed by atoms with Crippen molar-refractivity contribution in [3.8, 4) is 5.75 Å². The summed E-state index contributed by atoms with van der Waals surface area (Å²) in [4.78, 5) is 4.22. The van der Waals surface area contributed by atoms with Crippen LogP contribution >= 0.6 is 11.6 Å². The third kappa shape index (κ3) is 3.94. The van der Waals surface area contributed by atoms with Gasteiger partial charge < -0.3 is 4.74 Å². The number of pyridine rings is 1. The molecule has 2 rings (SSSR count). The molecule has 0 bridgehead atoms. The predicted molar refractivity (Wildman–Crippen MR) is 85.4 cm³/mol. The highest BCUT2D eigenvalue weighted by atomic mass is 35.5.